The highest BCUT2D eigenvalue weighted by molar-refractivity contribution is 7.89. The van der Waals surface area contributed by atoms with Crippen molar-refractivity contribution in [3.05, 3.63) is 57.5 Å². The number of thiazole rings is 1. The predicted octanol–water partition coefficient (Wildman–Crippen LogP) is 4.46. The second-order valence-corrected chi connectivity index (χ2v) is 10.7. The van der Waals surface area contributed by atoms with Crippen LogP contribution in [0.4, 0.5) is 0 Å². The predicted molar refractivity (Wildman–Crippen MR) is 121 cm³/mol. The molecular formula is C20H19Cl2N3O4S2. The maximum atomic E-state index is 13.1. The molecule has 1 atom stereocenters. The Bertz CT molecular complexity index is 1230. The number of sulfonamides is 1. The highest BCUT2D eigenvalue weighted by Gasteiger charge is 2.36. The summed E-state index contributed by atoms with van der Waals surface area (Å²) in [6, 6.07) is 9.23. The van der Waals surface area contributed by atoms with E-state index in [-0.39, 0.29) is 35.6 Å². The average molecular weight is 500 g/mol. The standard InChI is InChI=1S/C20H19Cl2N3O4S2/c1-2-15-11-24(31(27,28)19-6-4-14(21)10-16(19)22)7-8-25(15)29-20(26)13-3-5-17-18(9-13)30-12-23-17/h3-6,9-10,12,15H,2,7-8,11H2,1H3. The molecule has 0 bridgehead atoms. The second-order valence-electron chi connectivity index (χ2n) is 7.05. The summed E-state index contributed by atoms with van der Waals surface area (Å²) in [6.07, 6.45) is 0.599. The van der Waals surface area contributed by atoms with E-state index in [1.54, 1.807) is 28.8 Å². The third-order valence-corrected chi connectivity index (χ3v) is 8.52. The monoisotopic (exact) mass is 499 g/mol. The van der Waals surface area contributed by atoms with Gasteiger partial charge >= 0.3 is 5.97 Å². The summed E-state index contributed by atoms with van der Waals surface area (Å²) in [4.78, 5) is 22.5. The molecule has 1 unspecified atom stereocenters. The van der Waals surface area contributed by atoms with Gasteiger partial charge in [-0.3, -0.25) is 0 Å². The van der Waals surface area contributed by atoms with Crippen LogP contribution in [0.15, 0.2) is 46.8 Å². The molecule has 0 saturated carbocycles. The van der Waals surface area contributed by atoms with Crippen LogP contribution in [0.2, 0.25) is 10.0 Å². The van der Waals surface area contributed by atoms with Crippen molar-refractivity contribution in [2.24, 2.45) is 0 Å². The molecule has 1 aromatic heterocycles. The van der Waals surface area contributed by atoms with Gasteiger partial charge in [-0.1, -0.05) is 30.1 Å². The lowest BCUT2D eigenvalue weighted by atomic mass is 10.2. The lowest BCUT2D eigenvalue weighted by Crippen LogP contribution is -2.54. The summed E-state index contributed by atoms with van der Waals surface area (Å²) < 4.78 is 28.5. The van der Waals surface area contributed by atoms with Crippen LogP contribution in [0.25, 0.3) is 10.2 Å². The van der Waals surface area contributed by atoms with Gasteiger partial charge in [0.1, 0.15) is 4.90 Å². The molecule has 164 valence electrons. The van der Waals surface area contributed by atoms with E-state index in [1.807, 2.05) is 6.92 Å². The van der Waals surface area contributed by atoms with E-state index in [2.05, 4.69) is 4.98 Å². The van der Waals surface area contributed by atoms with Gasteiger partial charge in [0.2, 0.25) is 10.0 Å². The van der Waals surface area contributed by atoms with Crippen LogP contribution in [0.3, 0.4) is 0 Å². The first-order chi connectivity index (χ1) is 14.8. The van der Waals surface area contributed by atoms with E-state index < -0.39 is 16.0 Å². The van der Waals surface area contributed by atoms with Crippen LogP contribution in [0.5, 0.6) is 0 Å². The average Bonchev–Trinajstić information content (AvgIpc) is 3.21. The van der Waals surface area contributed by atoms with Crippen LogP contribution in [0, 0.1) is 0 Å². The summed E-state index contributed by atoms with van der Waals surface area (Å²) >= 11 is 13.5. The Morgan fingerprint density at radius 3 is 2.77 bits per heavy atom. The van der Waals surface area contributed by atoms with Gasteiger partial charge in [0.05, 0.1) is 32.4 Å². The molecule has 0 spiro atoms. The number of hydrogen-bond donors (Lipinski definition) is 0. The molecule has 7 nitrogen and oxygen atoms in total. The van der Waals surface area contributed by atoms with E-state index in [9.17, 15) is 13.2 Å². The quantitative estimate of drug-likeness (QED) is 0.515. The summed E-state index contributed by atoms with van der Waals surface area (Å²) in [6.45, 7) is 2.51. The van der Waals surface area contributed by atoms with E-state index in [0.29, 0.717) is 17.0 Å². The number of halogens is 2. The number of piperazine rings is 1. The fourth-order valence-electron chi connectivity index (χ4n) is 3.45. The topological polar surface area (TPSA) is 79.8 Å². The number of carbonyl (C=O) groups is 1. The molecule has 1 aliphatic rings. The Kier molecular flexibility index (Phi) is 6.52. The number of carbonyl (C=O) groups excluding carboxylic acids is 1. The van der Waals surface area contributed by atoms with Gasteiger partial charge in [-0.2, -0.15) is 4.31 Å². The zero-order chi connectivity index (χ0) is 22.2. The molecule has 1 fully saturated rings. The van der Waals surface area contributed by atoms with Crippen LogP contribution >= 0.6 is 34.5 Å². The molecule has 2 aromatic carbocycles. The number of hydroxylamine groups is 2. The molecule has 4 rings (SSSR count). The van der Waals surface area contributed by atoms with Gasteiger partial charge in [-0.25, -0.2) is 18.2 Å². The van der Waals surface area contributed by atoms with Gasteiger partial charge in [0.15, 0.2) is 0 Å². The Hall–Kier alpha value is -1.75. The lowest BCUT2D eigenvalue weighted by Gasteiger charge is -2.38. The van der Waals surface area contributed by atoms with E-state index in [4.69, 9.17) is 28.0 Å². The van der Waals surface area contributed by atoms with Gasteiger partial charge in [0.25, 0.3) is 0 Å². The third kappa shape index (κ3) is 4.57. The molecule has 2 heterocycles. The molecule has 1 saturated heterocycles. The van der Waals surface area contributed by atoms with E-state index in [1.165, 1.54) is 33.8 Å². The number of aromatic nitrogens is 1. The molecule has 0 N–H and O–H groups in total. The van der Waals surface area contributed by atoms with Crippen LogP contribution in [0.1, 0.15) is 23.7 Å². The summed E-state index contributed by atoms with van der Waals surface area (Å²) in [7, 11) is -3.80. The van der Waals surface area contributed by atoms with Gasteiger partial charge in [0, 0.05) is 24.7 Å². The lowest BCUT2D eigenvalue weighted by molar-refractivity contribution is -0.154. The normalized spacial score (nSPS) is 18.4. The van der Waals surface area contributed by atoms with Crippen LogP contribution in [-0.2, 0) is 14.9 Å². The maximum Gasteiger partial charge on any atom is 0.357 e. The zero-order valence-electron chi connectivity index (χ0n) is 16.5. The van der Waals surface area contributed by atoms with Crippen molar-refractivity contribution < 1.29 is 18.0 Å². The second kappa shape index (κ2) is 9.01. The minimum absolute atomic E-state index is 0.0109. The van der Waals surface area contributed by atoms with Gasteiger partial charge in [-0.15, -0.1) is 16.4 Å². The Morgan fingerprint density at radius 2 is 2.03 bits per heavy atom. The van der Waals surface area contributed by atoms with Crippen LogP contribution in [-0.4, -0.2) is 54.4 Å². The van der Waals surface area contributed by atoms with E-state index in [0.717, 1.165) is 10.2 Å². The first-order valence-corrected chi connectivity index (χ1v) is 12.6. The summed E-state index contributed by atoms with van der Waals surface area (Å²) in [5.41, 5.74) is 2.97. The molecule has 0 radical (unpaired) electrons. The fourth-order valence-corrected chi connectivity index (χ4v) is 6.38. The molecule has 31 heavy (non-hydrogen) atoms. The minimum Gasteiger partial charge on any atom is -0.364 e. The van der Waals surface area contributed by atoms with Crippen LogP contribution < -0.4 is 0 Å². The molecule has 1 aliphatic heterocycles. The van der Waals surface area contributed by atoms with Crippen molar-refractivity contribution >= 4 is 60.7 Å². The van der Waals surface area contributed by atoms with Gasteiger partial charge in [-0.05, 0) is 42.8 Å². The summed E-state index contributed by atoms with van der Waals surface area (Å²) in [5.74, 6) is -0.481. The SMILES string of the molecule is CCC1CN(S(=O)(=O)c2ccc(Cl)cc2Cl)CCN1OC(=O)c1ccc2ncsc2c1. The van der Waals surface area contributed by atoms with Gasteiger partial charge < -0.3 is 4.84 Å². The number of nitrogens with zero attached hydrogens (tertiary/aromatic N) is 3. The third-order valence-electron chi connectivity index (χ3n) is 5.14. The Balaban J connectivity index is 1.48. The molecule has 0 aliphatic carbocycles. The van der Waals surface area contributed by atoms with E-state index >= 15 is 0 Å². The molecule has 3 aromatic rings. The smallest absolute Gasteiger partial charge is 0.357 e. The molecule has 11 heteroatoms. The van der Waals surface area contributed by atoms with Crippen molar-refractivity contribution in [1.82, 2.24) is 14.4 Å². The Labute approximate surface area is 194 Å². The number of fused-ring (bicyclic) bond motifs is 1. The highest BCUT2D eigenvalue weighted by Crippen LogP contribution is 2.29. The summed E-state index contributed by atoms with van der Waals surface area (Å²) in [5, 5.41) is 2.01. The fraction of sp³-hybridized carbons (Fsp3) is 0.300. The van der Waals surface area contributed by atoms with Crippen molar-refractivity contribution in [3.8, 4) is 0 Å². The minimum atomic E-state index is -3.80. The maximum absolute atomic E-state index is 13.1. The number of benzene rings is 2. The number of hydrogen-bond acceptors (Lipinski definition) is 7. The zero-order valence-corrected chi connectivity index (χ0v) is 19.6. The van der Waals surface area contributed by atoms with Crippen molar-refractivity contribution in [2.75, 3.05) is 19.6 Å². The molecular weight excluding hydrogens is 481 g/mol. The molecule has 0 amide bonds. The highest BCUT2D eigenvalue weighted by atomic mass is 35.5. The first-order valence-electron chi connectivity index (χ1n) is 9.57. The van der Waals surface area contributed by atoms with Crippen molar-refractivity contribution in [2.45, 2.75) is 24.3 Å². The largest absolute Gasteiger partial charge is 0.364 e. The van der Waals surface area contributed by atoms with Crippen molar-refractivity contribution in [1.29, 1.82) is 0 Å². The Morgan fingerprint density at radius 1 is 1.23 bits per heavy atom. The van der Waals surface area contributed by atoms with Crippen molar-refractivity contribution in [3.63, 3.8) is 0 Å². The first kappa shape index (κ1) is 22.4. The number of rotatable bonds is 5.